The SMILES string of the molecule is CN(C)Cc1ccc2n(c1=O)C[C@H]1C[C@@H]2CN(C(=O)c2cnc3cccnn23)C1. The van der Waals surface area contributed by atoms with Gasteiger partial charge in [0, 0.05) is 49.6 Å². The van der Waals surface area contributed by atoms with Crippen LogP contribution in [0, 0.1) is 5.92 Å². The molecule has 1 fully saturated rings. The average Bonchev–Trinajstić information content (AvgIpc) is 3.13. The van der Waals surface area contributed by atoms with Gasteiger partial charge in [-0.1, -0.05) is 6.07 Å². The minimum atomic E-state index is -0.0501. The van der Waals surface area contributed by atoms with E-state index in [0.717, 1.165) is 17.7 Å². The Morgan fingerprint density at radius 2 is 2.07 bits per heavy atom. The zero-order valence-corrected chi connectivity index (χ0v) is 16.7. The lowest BCUT2D eigenvalue weighted by molar-refractivity contribution is 0.0586. The van der Waals surface area contributed by atoms with E-state index in [1.807, 2.05) is 40.6 Å². The van der Waals surface area contributed by atoms with Crippen molar-refractivity contribution in [1.29, 1.82) is 0 Å². The van der Waals surface area contributed by atoms with E-state index in [4.69, 9.17) is 0 Å². The van der Waals surface area contributed by atoms with Crippen molar-refractivity contribution in [3.63, 3.8) is 0 Å². The van der Waals surface area contributed by atoms with Crippen LogP contribution >= 0.6 is 0 Å². The highest BCUT2D eigenvalue weighted by atomic mass is 16.2. The topological polar surface area (TPSA) is 75.7 Å². The third-order valence-electron chi connectivity index (χ3n) is 5.95. The number of fused-ring (bicyclic) bond motifs is 5. The number of carbonyl (C=O) groups excluding carboxylic acids is 1. The fourth-order valence-electron chi connectivity index (χ4n) is 4.76. The summed E-state index contributed by atoms with van der Waals surface area (Å²) >= 11 is 0. The number of nitrogens with zero attached hydrogens (tertiary/aromatic N) is 6. The summed E-state index contributed by atoms with van der Waals surface area (Å²) in [4.78, 5) is 34.4. The number of piperidine rings is 1. The van der Waals surface area contributed by atoms with Crippen LogP contribution in [0.15, 0.2) is 41.5 Å². The Bertz CT molecular complexity index is 1150. The van der Waals surface area contributed by atoms with Crippen molar-refractivity contribution >= 4 is 11.6 Å². The van der Waals surface area contributed by atoms with Gasteiger partial charge < -0.3 is 14.4 Å². The molecule has 2 aliphatic heterocycles. The van der Waals surface area contributed by atoms with Crippen LogP contribution in [0.2, 0.25) is 0 Å². The van der Waals surface area contributed by atoms with Crippen molar-refractivity contribution in [2.75, 3.05) is 27.2 Å². The van der Waals surface area contributed by atoms with Gasteiger partial charge in [-0.15, -0.1) is 0 Å². The van der Waals surface area contributed by atoms with Crippen molar-refractivity contribution in [3.8, 4) is 0 Å². The highest BCUT2D eigenvalue weighted by Crippen LogP contribution is 2.35. The molecule has 3 aromatic rings. The van der Waals surface area contributed by atoms with Gasteiger partial charge >= 0.3 is 0 Å². The Labute approximate surface area is 168 Å². The summed E-state index contributed by atoms with van der Waals surface area (Å²) < 4.78 is 3.54. The molecular weight excluding hydrogens is 368 g/mol. The highest BCUT2D eigenvalue weighted by Gasteiger charge is 2.37. The molecule has 0 radical (unpaired) electrons. The number of likely N-dealkylation sites (tertiary alicyclic amines) is 1. The van der Waals surface area contributed by atoms with Crippen LogP contribution < -0.4 is 5.56 Å². The van der Waals surface area contributed by atoms with E-state index < -0.39 is 0 Å². The number of aromatic nitrogens is 4. The molecule has 29 heavy (non-hydrogen) atoms. The smallest absolute Gasteiger partial charge is 0.274 e. The molecule has 0 spiro atoms. The minimum absolute atomic E-state index is 0.0501. The van der Waals surface area contributed by atoms with E-state index in [9.17, 15) is 9.59 Å². The molecule has 5 heterocycles. The number of imidazole rings is 1. The van der Waals surface area contributed by atoms with Crippen molar-refractivity contribution in [2.45, 2.75) is 25.4 Å². The van der Waals surface area contributed by atoms with Crippen molar-refractivity contribution in [1.82, 2.24) is 29.0 Å². The van der Waals surface area contributed by atoms with Gasteiger partial charge in [0.25, 0.3) is 11.5 Å². The van der Waals surface area contributed by atoms with E-state index in [0.29, 0.717) is 37.5 Å². The molecular formula is C21H24N6O2. The van der Waals surface area contributed by atoms with Gasteiger partial charge in [0.1, 0.15) is 0 Å². The molecule has 0 unspecified atom stereocenters. The molecule has 0 aromatic carbocycles. The van der Waals surface area contributed by atoms with Gasteiger partial charge in [-0.25, -0.2) is 9.50 Å². The fraction of sp³-hybridized carbons (Fsp3) is 0.429. The molecule has 1 saturated heterocycles. The number of hydrogen-bond donors (Lipinski definition) is 0. The maximum atomic E-state index is 13.2. The van der Waals surface area contributed by atoms with Crippen LogP contribution in [0.1, 0.15) is 34.1 Å². The second kappa shape index (κ2) is 6.81. The second-order valence-corrected chi connectivity index (χ2v) is 8.38. The largest absolute Gasteiger partial charge is 0.336 e. The maximum Gasteiger partial charge on any atom is 0.274 e. The van der Waals surface area contributed by atoms with Crippen LogP contribution in [0.25, 0.3) is 5.65 Å². The van der Waals surface area contributed by atoms with Crippen molar-refractivity contribution in [2.24, 2.45) is 5.92 Å². The first kappa shape index (κ1) is 18.1. The van der Waals surface area contributed by atoms with E-state index in [1.165, 1.54) is 0 Å². The average molecular weight is 392 g/mol. The normalized spacial score (nSPS) is 20.9. The lowest BCUT2D eigenvalue weighted by Gasteiger charge is -2.42. The zero-order chi connectivity index (χ0) is 20.1. The number of amides is 1. The lowest BCUT2D eigenvalue weighted by Crippen LogP contribution is -2.49. The first-order valence-electron chi connectivity index (χ1n) is 9.96. The van der Waals surface area contributed by atoms with Crippen LogP contribution in [-0.2, 0) is 13.1 Å². The highest BCUT2D eigenvalue weighted by molar-refractivity contribution is 5.93. The van der Waals surface area contributed by atoms with Crippen LogP contribution in [0.4, 0.5) is 0 Å². The van der Waals surface area contributed by atoms with Crippen LogP contribution in [0.5, 0.6) is 0 Å². The van der Waals surface area contributed by atoms with Crippen LogP contribution in [0.3, 0.4) is 0 Å². The van der Waals surface area contributed by atoms with Gasteiger partial charge in [0.05, 0.1) is 6.20 Å². The van der Waals surface area contributed by atoms with Gasteiger partial charge in [0.15, 0.2) is 11.3 Å². The molecule has 8 nitrogen and oxygen atoms in total. The number of pyridine rings is 1. The summed E-state index contributed by atoms with van der Waals surface area (Å²) in [6, 6.07) is 7.67. The molecule has 8 heteroatoms. The quantitative estimate of drug-likeness (QED) is 0.670. The lowest BCUT2D eigenvalue weighted by atomic mass is 9.83. The predicted octanol–water partition coefficient (Wildman–Crippen LogP) is 1.21. The first-order valence-corrected chi connectivity index (χ1v) is 9.96. The summed E-state index contributed by atoms with van der Waals surface area (Å²) in [6.07, 6.45) is 4.27. The van der Waals surface area contributed by atoms with Crippen molar-refractivity contribution in [3.05, 3.63) is 64.0 Å². The minimum Gasteiger partial charge on any atom is -0.336 e. The molecule has 2 aliphatic rings. The zero-order valence-electron chi connectivity index (χ0n) is 16.7. The first-order chi connectivity index (χ1) is 14.0. The molecule has 5 rings (SSSR count). The van der Waals surface area contributed by atoms with Crippen molar-refractivity contribution < 1.29 is 4.79 Å². The molecule has 150 valence electrons. The monoisotopic (exact) mass is 392 g/mol. The summed E-state index contributed by atoms with van der Waals surface area (Å²) in [5.74, 6) is 0.412. The molecule has 3 aromatic heterocycles. The summed E-state index contributed by atoms with van der Waals surface area (Å²) in [7, 11) is 3.94. The Morgan fingerprint density at radius 3 is 2.90 bits per heavy atom. The Balaban J connectivity index is 1.44. The number of hydrogen-bond acceptors (Lipinski definition) is 5. The fourth-order valence-corrected chi connectivity index (χ4v) is 4.76. The third-order valence-corrected chi connectivity index (χ3v) is 5.95. The summed E-state index contributed by atoms with van der Waals surface area (Å²) in [5.41, 5.74) is 3.13. The van der Waals surface area contributed by atoms with Gasteiger partial charge in [-0.3, -0.25) is 9.59 Å². The van der Waals surface area contributed by atoms with Gasteiger partial charge in [-0.2, -0.15) is 5.10 Å². The maximum absolute atomic E-state index is 13.2. The predicted molar refractivity (Wildman–Crippen MR) is 108 cm³/mol. The summed E-state index contributed by atoms with van der Waals surface area (Å²) in [6.45, 7) is 2.57. The Kier molecular flexibility index (Phi) is 4.24. The third kappa shape index (κ3) is 3.04. The molecule has 1 amide bonds. The standard InChI is InChI=1S/C21H24N6O2/c1-24(2)12-15-5-6-17-16-8-14(11-26(17)20(15)28)10-25(13-16)21(29)18-9-22-19-4-3-7-23-27(18)19/h3-7,9,14,16H,8,10-13H2,1-2H3/t14-,16+/m0/s1. The number of carbonyl (C=O) groups is 1. The molecule has 0 aliphatic carbocycles. The molecule has 0 saturated carbocycles. The van der Waals surface area contributed by atoms with E-state index in [2.05, 4.69) is 16.1 Å². The van der Waals surface area contributed by atoms with Gasteiger partial charge in [0.2, 0.25) is 0 Å². The van der Waals surface area contributed by atoms with E-state index in [1.54, 1.807) is 23.0 Å². The Morgan fingerprint density at radius 1 is 1.21 bits per heavy atom. The molecule has 2 atom stereocenters. The number of rotatable bonds is 3. The second-order valence-electron chi connectivity index (χ2n) is 8.38. The Hall–Kier alpha value is -3.00. The van der Waals surface area contributed by atoms with E-state index >= 15 is 0 Å². The summed E-state index contributed by atoms with van der Waals surface area (Å²) in [5, 5.41) is 4.27. The molecule has 2 bridgehead atoms. The molecule has 0 N–H and O–H groups in total. The van der Waals surface area contributed by atoms with E-state index in [-0.39, 0.29) is 23.3 Å². The van der Waals surface area contributed by atoms with Gasteiger partial charge in [-0.05, 0) is 44.6 Å². The van der Waals surface area contributed by atoms with Crippen LogP contribution in [-0.4, -0.2) is 62.1 Å².